The molecule has 0 saturated carbocycles. The summed E-state index contributed by atoms with van der Waals surface area (Å²) in [5, 5.41) is 17.4. The number of hydrogen-bond donors (Lipinski definition) is 0. The lowest BCUT2D eigenvalue weighted by molar-refractivity contribution is -0.386. The van der Waals surface area contributed by atoms with Crippen molar-refractivity contribution in [1.29, 1.82) is 0 Å². The monoisotopic (exact) mass is 556 g/mol. The van der Waals surface area contributed by atoms with Gasteiger partial charge in [0.25, 0.3) is 5.56 Å². The number of furan rings is 1. The molecular weight excluding hydrogens is 528 g/mol. The van der Waals surface area contributed by atoms with E-state index in [9.17, 15) is 14.9 Å². The zero-order chi connectivity index (χ0) is 29.3. The zero-order valence-corrected chi connectivity index (χ0v) is 23.2. The molecule has 0 fully saturated rings. The van der Waals surface area contributed by atoms with E-state index < -0.39 is 10.5 Å². The van der Waals surface area contributed by atoms with Gasteiger partial charge in [-0.05, 0) is 41.8 Å². The number of ether oxygens (including phenoxy) is 3. The first-order valence-electron chi connectivity index (χ1n) is 12.7. The number of benzene rings is 3. The Balaban J connectivity index is 1.66. The van der Waals surface area contributed by atoms with Crippen molar-refractivity contribution in [1.82, 2.24) is 9.66 Å². The number of hydrogen-bond acceptors (Lipinski definition) is 9. The van der Waals surface area contributed by atoms with Gasteiger partial charge in [-0.2, -0.15) is 9.78 Å². The van der Waals surface area contributed by atoms with Gasteiger partial charge in [0.2, 0.25) is 11.6 Å². The number of rotatable bonds is 8. The minimum absolute atomic E-state index is 0.0195. The van der Waals surface area contributed by atoms with Gasteiger partial charge in [-0.15, -0.1) is 0 Å². The number of para-hydroxylation sites is 1. The molecule has 0 atom stereocenters. The molecule has 2 heterocycles. The molecule has 2 aromatic heterocycles. The largest absolute Gasteiger partial charge is 0.496 e. The Morgan fingerprint density at radius 3 is 2.49 bits per heavy atom. The molecule has 0 aliphatic rings. The fourth-order valence-electron chi connectivity index (χ4n) is 4.24. The Morgan fingerprint density at radius 2 is 1.78 bits per heavy atom. The van der Waals surface area contributed by atoms with Gasteiger partial charge < -0.3 is 18.6 Å². The van der Waals surface area contributed by atoms with Gasteiger partial charge in [-0.25, -0.2) is 4.98 Å². The maximum atomic E-state index is 13.6. The van der Waals surface area contributed by atoms with Crippen molar-refractivity contribution in [3.63, 3.8) is 0 Å². The number of aromatic nitrogens is 2. The van der Waals surface area contributed by atoms with Crippen LogP contribution in [0.25, 0.3) is 33.5 Å². The fraction of sp³-hybridized carbons (Fsp3) is 0.233. The average molecular weight is 557 g/mol. The number of methoxy groups -OCH3 is 2. The summed E-state index contributed by atoms with van der Waals surface area (Å²) < 4.78 is 23.8. The van der Waals surface area contributed by atoms with Crippen molar-refractivity contribution in [3.05, 3.63) is 86.7 Å². The SMILES string of the molecule is COc1cc(C=Nn2c(-c3cc4c(OC)cccc4o3)nc3ccccc3c2=O)cc([N+](=O)[O-])c1OCC(C)(C)C. The first-order chi connectivity index (χ1) is 19.6. The maximum Gasteiger partial charge on any atom is 0.315 e. The molecule has 210 valence electrons. The summed E-state index contributed by atoms with van der Waals surface area (Å²) in [5.41, 5.74) is 0.353. The third-order valence-corrected chi connectivity index (χ3v) is 6.16. The van der Waals surface area contributed by atoms with Crippen molar-refractivity contribution in [2.24, 2.45) is 10.5 Å². The zero-order valence-electron chi connectivity index (χ0n) is 23.2. The van der Waals surface area contributed by atoms with E-state index in [0.717, 1.165) is 4.68 Å². The highest BCUT2D eigenvalue weighted by molar-refractivity contribution is 5.89. The van der Waals surface area contributed by atoms with Crippen LogP contribution in [0.1, 0.15) is 26.3 Å². The lowest BCUT2D eigenvalue weighted by Gasteiger charge is -2.20. The van der Waals surface area contributed by atoms with Crippen LogP contribution in [0, 0.1) is 15.5 Å². The standard InChI is InChI=1S/C30H28N4O7/c1-30(2,3)17-40-27-22(34(36)37)13-18(14-25(27)39-5)16-31-33-28(32-21-10-7-6-9-19(21)29(33)35)26-15-20-23(38-4)11-8-12-24(20)41-26/h6-16H,17H2,1-5H3. The third-order valence-electron chi connectivity index (χ3n) is 6.16. The lowest BCUT2D eigenvalue weighted by atomic mass is 9.98. The van der Waals surface area contributed by atoms with Crippen LogP contribution in [0.5, 0.6) is 17.2 Å². The highest BCUT2D eigenvalue weighted by Crippen LogP contribution is 2.39. The highest BCUT2D eigenvalue weighted by Gasteiger charge is 2.24. The number of nitro benzene ring substituents is 1. The normalized spacial score (nSPS) is 11.8. The van der Waals surface area contributed by atoms with Crippen molar-refractivity contribution in [2.75, 3.05) is 20.8 Å². The summed E-state index contributed by atoms with van der Waals surface area (Å²) in [6.45, 7) is 6.10. The molecule has 0 unspecified atom stereocenters. The Bertz CT molecular complexity index is 1870. The molecule has 41 heavy (non-hydrogen) atoms. The second kappa shape index (κ2) is 10.8. The van der Waals surface area contributed by atoms with E-state index in [1.807, 2.05) is 20.8 Å². The van der Waals surface area contributed by atoms with Gasteiger partial charge in [0, 0.05) is 11.6 Å². The molecule has 0 aliphatic carbocycles. The van der Waals surface area contributed by atoms with Crippen molar-refractivity contribution >= 4 is 33.8 Å². The first kappa shape index (κ1) is 27.4. The summed E-state index contributed by atoms with van der Waals surface area (Å²) in [5.74, 6) is 1.22. The van der Waals surface area contributed by atoms with Gasteiger partial charge in [0.15, 0.2) is 11.5 Å². The van der Waals surface area contributed by atoms with E-state index in [1.54, 1.807) is 61.7 Å². The van der Waals surface area contributed by atoms with Crippen molar-refractivity contribution < 1.29 is 23.6 Å². The molecule has 0 bridgehead atoms. The Labute approximate surface area is 234 Å². The summed E-state index contributed by atoms with van der Waals surface area (Å²) in [7, 11) is 2.96. The van der Waals surface area contributed by atoms with Crippen LogP contribution >= 0.6 is 0 Å². The van der Waals surface area contributed by atoms with Crippen LogP contribution in [-0.2, 0) is 0 Å². The molecular formula is C30H28N4O7. The number of fused-ring (bicyclic) bond motifs is 2. The Kier molecular flexibility index (Phi) is 7.19. The smallest absolute Gasteiger partial charge is 0.315 e. The highest BCUT2D eigenvalue weighted by atomic mass is 16.6. The molecule has 11 nitrogen and oxygen atoms in total. The van der Waals surface area contributed by atoms with E-state index in [4.69, 9.17) is 18.6 Å². The van der Waals surface area contributed by atoms with Gasteiger partial charge in [-0.1, -0.05) is 39.0 Å². The Hall–Kier alpha value is -5.19. The predicted molar refractivity (Wildman–Crippen MR) is 155 cm³/mol. The first-order valence-corrected chi connectivity index (χ1v) is 12.7. The van der Waals surface area contributed by atoms with Crippen LogP contribution in [0.4, 0.5) is 5.69 Å². The maximum absolute atomic E-state index is 13.6. The second-order valence-electron chi connectivity index (χ2n) is 10.5. The van der Waals surface area contributed by atoms with E-state index >= 15 is 0 Å². The van der Waals surface area contributed by atoms with E-state index in [-0.39, 0.29) is 35.0 Å². The summed E-state index contributed by atoms with van der Waals surface area (Å²) in [4.78, 5) is 29.7. The summed E-state index contributed by atoms with van der Waals surface area (Å²) in [6.07, 6.45) is 1.33. The van der Waals surface area contributed by atoms with Crippen molar-refractivity contribution in [3.8, 4) is 28.8 Å². The topological polar surface area (TPSA) is 131 Å². The van der Waals surface area contributed by atoms with Crippen LogP contribution in [0.15, 0.2) is 75.0 Å². The predicted octanol–water partition coefficient (Wildman–Crippen LogP) is 6.04. The number of nitro groups is 1. The molecule has 0 N–H and O–H groups in total. The Morgan fingerprint density at radius 1 is 1.02 bits per heavy atom. The molecule has 0 aliphatic heterocycles. The minimum Gasteiger partial charge on any atom is -0.496 e. The van der Waals surface area contributed by atoms with Gasteiger partial charge >= 0.3 is 5.69 Å². The molecule has 5 aromatic rings. The fourth-order valence-corrected chi connectivity index (χ4v) is 4.24. The molecule has 0 radical (unpaired) electrons. The minimum atomic E-state index is -0.547. The average Bonchev–Trinajstić information content (AvgIpc) is 3.39. The van der Waals surface area contributed by atoms with Crippen LogP contribution in [0.3, 0.4) is 0 Å². The third kappa shape index (κ3) is 5.46. The van der Waals surface area contributed by atoms with Gasteiger partial charge in [0.05, 0.1) is 48.3 Å². The van der Waals surface area contributed by atoms with Gasteiger partial charge in [-0.3, -0.25) is 14.9 Å². The molecule has 3 aromatic carbocycles. The molecule has 0 amide bonds. The van der Waals surface area contributed by atoms with Gasteiger partial charge in [0.1, 0.15) is 11.3 Å². The summed E-state index contributed by atoms with van der Waals surface area (Å²) >= 11 is 0. The van der Waals surface area contributed by atoms with E-state index in [0.29, 0.717) is 38.9 Å². The molecule has 5 rings (SSSR count). The van der Waals surface area contributed by atoms with Crippen molar-refractivity contribution in [2.45, 2.75) is 20.8 Å². The molecule has 0 spiro atoms. The van der Waals surface area contributed by atoms with E-state index in [2.05, 4.69) is 10.1 Å². The molecule has 0 saturated heterocycles. The number of nitrogens with zero attached hydrogens (tertiary/aromatic N) is 4. The lowest BCUT2D eigenvalue weighted by Crippen LogP contribution is -2.20. The summed E-state index contributed by atoms with van der Waals surface area (Å²) in [6, 6.07) is 16.9. The second-order valence-corrected chi connectivity index (χ2v) is 10.5. The van der Waals surface area contributed by atoms with E-state index in [1.165, 1.54) is 19.4 Å². The van der Waals surface area contributed by atoms with Crippen LogP contribution < -0.4 is 19.8 Å². The van der Waals surface area contributed by atoms with Crippen LogP contribution in [-0.4, -0.2) is 41.6 Å². The quantitative estimate of drug-likeness (QED) is 0.128. The van der Waals surface area contributed by atoms with Crippen LogP contribution in [0.2, 0.25) is 0 Å². The molecule has 11 heteroatoms.